The van der Waals surface area contributed by atoms with Gasteiger partial charge in [-0.05, 0) is 33.0 Å². The van der Waals surface area contributed by atoms with E-state index in [9.17, 15) is 23.6 Å². The molecular weight excluding hydrogens is 405 g/mol. The van der Waals surface area contributed by atoms with E-state index in [0.717, 1.165) is 4.90 Å². The van der Waals surface area contributed by atoms with Gasteiger partial charge in [0.15, 0.2) is 0 Å². The highest BCUT2D eigenvalue weighted by molar-refractivity contribution is 6.11. The lowest BCUT2D eigenvalue weighted by atomic mass is 9.75. The van der Waals surface area contributed by atoms with Gasteiger partial charge in [-0.15, -0.1) is 0 Å². The van der Waals surface area contributed by atoms with Crippen LogP contribution in [-0.4, -0.2) is 85.3 Å². The van der Waals surface area contributed by atoms with Crippen molar-refractivity contribution in [3.05, 3.63) is 35.6 Å². The van der Waals surface area contributed by atoms with Crippen molar-refractivity contribution in [3.63, 3.8) is 0 Å². The SMILES string of the molecule is COC(=O)[C@@H]1CCCN1C(=O)C[C@]1(c2ccccc2F)CC(=O)N(CCN(C)C)C1=O. The summed E-state index contributed by atoms with van der Waals surface area (Å²) in [4.78, 5) is 55.9. The summed E-state index contributed by atoms with van der Waals surface area (Å²) in [5.41, 5.74) is -1.60. The minimum atomic E-state index is -1.63. The highest BCUT2D eigenvalue weighted by Gasteiger charge is 2.55. The molecule has 0 spiro atoms. The molecule has 0 aromatic heterocycles. The molecule has 9 heteroatoms. The minimum Gasteiger partial charge on any atom is -0.467 e. The van der Waals surface area contributed by atoms with E-state index in [0.29, 0.717) is 25.9 Å². The van der Waals surface area contributed by atoms with Gasteiger partial charge in [0.2, 0.25) is 17.7 Å². The molecule has 2 atom stereocenters. The zero-order valence-electron chi connectivity index (χ0n) is 18.1. The lowest BCUT2D eigenvalue weighted by molar-refractivity contribution is -0.151. The lowest BCUT2D eigenvalue weighted by Crippen LogP contribution is -2.47. The molecule has 2 aliphatic heterocycles. The Hall–Kier alpha value is -2.81. The molecule has 0 N–H and O–H groups in total. The second-order valence-corrected chi connectivity index (χ2v) is 8.34. The number of carbonyl (C=O) groups excluding carboxylic acids is 4. The number of imide groups is 1. The Bertz CT molecular complexity index is 890. The Morgan fingerprint density at radius 2 is 1.97 bits per heavy atom. The molecule has 3 amide bonds. The largest absolute Gasteiger partial charge is 0.467 e. The van der Waals surface area contributed by atoms with Gasteiger partial charge >= 0.3 is 5.97 Å². The summed E-state index contributed by atoms with van der Waals surface area (Å²) >= 11 is 0. The number of carbonyl (C=O) groups is 4. The summed E-state index contributed by atoms with van der Waals surface area (Å²) in [5.74, 6) is -2.64. The molecule has 0 bridgehead atoms. The van der Waals surface area contributed by atoms with Crippen molar-refractivity contribution in [2.75, 3.05) is 40.8 Å². The zero-order chi connectivity index (χ0) is 22.8. The highest BCUT2D eigenvalue weighted by atomic mass is 19.1. The van der Waals surface area contributed by atoms with Crippen LogP contribution in [0.1, 0.15) is 31.2 Å². The normalized spacial score (nSPS) is 23.7. The van der Waals surface area contributed by atoms with Crippen LogP contribution in [0, 0.1) is 5.82 Å². The first-order valence-electron chi connectivity index (χ1n) is 10.3. The Morgan fingerprint density at radius 1 is 1.26 bits per heavy atom. The fraction of sp³-hybridized carbons (Fsp3) is 0.545. The monoisotopic (exact) mass is 433 g/mol. The van der Waals surface area contributed by atoms with E-state index in [4.69, 9.17) is 4.74 Å². The van der Waals surface area contributed by atoms with Gasteiger partial charge < -0.3 is 14.5 Å². The summed E-state index contributed by atoms with van der Waals surface area (Å²) < 4.78 is 19.6. The molecule has 1 aromatic carbocycles. The summed E-state index contributed by atoms with van der Waals surface area (Å²) in [6.45, 7) is 0.956. The molecule has 0 aliphatic carbocycles. The third-order valence-electron chi connectivity index (χ3n) is 6.07. The molecule has 8 nitrogen and oxygen atoms in total. The summed E-state index contributed by atoms with van der Waals surface area (Å²) in [6.07, 6.45) is 0.417. The molecule has 31 heavy (non-hydrogen) atoms. The van der Waals surface area contributed by atoms with Crippen LogP contribution in [0.5, 0.6) is 0 Å². The van der Waals surface area contributed by atoms with Gasteiger partial charge in [-0.1, -0.05) is 18.2 Å². The fourth-order valence-electron chi connectivity index (χ4n) is 4.43. The number of halogens is 1. The number of likely N-dealkylation sites (N-methyl/N-ethyl adjacent to an activating group) is 1. The molecule has 1 aromatic rings. The van der Waals surface area contributed by atoms with Gasteiger partial charge in [-0.25, -0.2) is 9.18 Å². The van der Waals surface area contributed by atoms with Crippen LogP contribution in [0.15, 0.2) is 24.3 Å². The first-order valence-corrected chi connectivity index (χ1v) is 10.3. The van der Waals surface area contributed by atoms with E-state index >= 15 is 0 Å². The molecule has 168 valence electrons. The molecule has 2 heterocycles. The molecule has 0 saturated carbocycles. The molecule has 2 saturated heterocycles. The van der Waals surface area contributed by atoms with Gasteiger partial charge in [0, 0.05) is 38.0 Å². The van der Waals surface area contributed by atoms with E-state index in [1.807, 2.05) is 19.0 Å². The number of esters is 1. The summed E-state index contributed by atoms with van der Waals surface area (Å²) in [7, 11) is 4.89. The van der Waals surface area contributed by atoms with Crippen LogP contribution in [-0.2, 0) is 29.3 Å². The van der Waals surface area contributed by atoms with Gasteiger partial charge in [0.05, 0.1) is 12.5 Å². The maximum Gasteiger partial charge on any atom is 0.328 e. The lowest BCUT2D eigenvalue weighted by Gasteiger charge is -2.31. The van der Waals surface area contributed by atoms with Gasteiger partial charge in [0.25, 0.3) is 0 Å². The van der Waals surface area contributed by atoms with Crippen LogP contribution >= 0.6 is 0 Å². The van der Waals surface area contributed by atoms with Crippen LogP contribution in [0.4, 0.5) is 4.39 Å². The van der Waals surface area contributed by atoms with E-state index < -0.39 is 41.0 Å². The van der Waals surface area contributed by atoms with E-state index in [-0.39, 0.29) is 24.9 Å². The second-order valence-electron chi connectivity index (χ2n) is 8.34. The minimum absolute atomic E-state index is 0.0304. The Labute approximate surface area is 180 Å². The third-order valence-corrected chi connectivity index (χ3v) is 6.07. The number of methoxy groups -OCH3 is 1. The van der Waals surface area contributed by atoms with Crippen LogP contribution < -0.4 is 0 Å². The smallest absolute Gasteiger partial charge is 0.328 e. The number of likely N-dealkylation sites (tertiary alicyclic amines) is 2. The van der Waals surface area contributed by atoms with Crippen molar-refractivity contribution in [1.82, 2.24) is 14.7 Å². The van der Waals surface area contributed by atoms with Gasteiger partial charge in [-0.3, -0.25) is 19.3 Å². The number of hydrogen-bond acceptors (Lipinski definition) is 6. The maximum atomic E-state index is 14.8. The standard InChI is InChI=1S/C22H28FN3O5/c1-24(2)11-12-26-19(28)14-22(21(26)30,15-7-4-5-8-16(15)23)13-18(27)25-10-6-9-17(25)20(29)31-3/h4-5,7-8,17H,6,9-14H2,1-3H3/t17-,22+/m0/s1. The predicted molar refractivity (Wildman–Crippen MR) is 109 cm³/mol. The first-order chi connectivity index (χ1) is 14.7. The van der Waals surface area contributed by atoms with E-state index in [1.165, 1.54) is 30.2 Å². The zero-order valence-corrected chi connectivity index (χ0v) is 18.1. The van der Waals surface area contributed by atoms with Crippen LogP contribution in [0.25, 0.3) is 0 Å². The number of hydrogen-bond donors (Lipinski definition) is 0. The second kappa shape index (κ2) is 9.13. The number of rotatable bonds is 7. The number of nitrogens with zero attached hydrogens (tertiary/aromatic N) is 3. The van der Waals surface area contributed by atoms with E-state index in [1.54, 1.807) is 6.07 Å². The van der Waals surface area contributed by atoms with Crippen LogP contribution in [0.3, 0.4) is 0 Å². The van der Waals surface area contributed by atoms with Crippen molar-refractivity contribution in [2.45, 2.75) is 37.1 Å². The topological polar surface area (TPSA) is 87.2 Å². The first kappa shape index (κ1) is 22.9. The van der Waals surface area contributed by atoms with Crippen molar-refractivity contribution >= 4 is 23.7 Å². The van der Waals surface area contributed by atoms with Crippen molar-refractivity contribution in [3.8, 4) is 0 Å². The van der Waals surface area contributed by atoms with E-state index in [2.05, 4.69) is 0 Å². The molecule has 2 aliphatic rings. The summed E-state index contributed by atoms with van der Waals surface area (Å²) in [5, 5.41) is 0. The third kappa shape index (κ3) is 4.32. The van der Waals surface area contributed by atoms with Gasteiger partial charge in [-0.2, -0.15) is 0 Å². The molecule has 2 fully saturated rings. The Morgan fingerprint density at radius 3 is 2.61 bits per heavy atom. The van der Waals surface area contributed by atoms with Crippen molar-refractivity contribution in [2.24, 2.45) is 0 Å². The Balaban J connectivity index is 1.96. The maximum absolute atomic E-state index is 14.8. The predicted octanol–water partition coefficient (Wildman–Crippen LogP) is 0.938. The molecule has 3 rings (SSSR count). The Kier molecular flexibility index (Phi) is 6.74. The van der Waals surface area contributed by atoms with Crippen molar-refractivity contribution < 1.29 is 28.3 Å². The average Bonchev–Trinajstić information content (AvgIpc) is 3.30. The van der Waals surface area contributed by atoms with Crippen LogP contribution in [0.2, 0.25) is 0 Å². The number of ether oxygens (including phenoxy) is 1. The molecule has 0 radical (unpaired) electrons. The quantitative estimate of drug-likeness (QED) is 0.470. The van der Waals surface area contributed by atoms with Crippen molar-refractivity contribution in [1.29, 1.82) is 0 Å². The fourth-order valence-corrected chi connectivity index (χ4v) is 4.43. The molecule has 0 unspecified atom stereocenters. The average molecular weight is 433 g/mol. The number of amides is 3. The highest BCUT2D eigenvalue weighted by Crippen LogP contribution is 2.42. The summed E-state index contributed by atoms with van der Waals surface area (Å²) in [6, 6.07) is 5.01. The van der Waals surface area contributed by atoms with Gasteiger partial charge in [0.1, 0.15) is 11.9 Å². The molecular formula is C22H28FN3O5. The number of benzene rings is 1.